The number of benzene rings is 1. The van der Waals surface area contributed by atoms with Crippen molar-refractivity contribution in [1.29, 1.82) is 0 Å². The molecule has 98 valence electrons. The van der Waals surface area contributed by atoms with E-state index in [9.17, 15) is 0 Å². The molecule has 0 radical (unpaired) electrons. The van der Waals surface area contributed by atoms with E-state index < -0.39 is 0 Å². The first-order chi connectivity index (χ1) is 9.17. The third-order valence-corrected chi connectivity index (χ3v) is 2.85. The van der Waals surface area contributed by atoms with Crippen molar-refractivity contribution in [3.05, 3.63) is 60.1 Å². The van der Waals surface area contributed by atoms with Gasteiger partial charge in [0.2, 0.25) is 5.13 Å². The van der Waals surface area contributed by atoms with Gasteiger partial charge in [0.05, 0.1) is 5.69 Å². The average molecular weight is 271 g/mol. The topological polar surface area (TPSA) is 51.3 Å². The molecule has 4 heteroatoms. The molecule has 0 aliphatic carbocycles. The first kappa shape index (κ1) is 14.9. The summed E-state index contributed by atoms with van der Waals surface area (Å²) in [5, 5.41) is 2.71. The van der Waals surface area contributed by atoms with Gasteiger partial charge in [0, 0.05) is 10.9 Å². The van der Waals surface area contributed by atoms with Gasteiger partial charge < -0.3 is 5.73 Å². The summed E-state index contributed by atoms with van der Waals surface area (Å²) in [7, 11) is 0. The maximum atomic E-state index is 4.99. The molecule has 3 nitrogen and oxygen atoms in total. The number of aliphatic imine (C=N–C) groups is 1. The van der Waals surface area contributed by atoms with Crippen LogP contribution in [0.2, 0.25) is 0 Å². The van der Waals surface area contributed by atoms with Crippen LogP contribution in [0, 0.1) is 0 Å². The monoisotopic (exact) mass is 271 g/mol. The van der Waals surface area contributed by atoms with E-state index in [2.05, 4.69) is 23.3 Å². The molecule has 1 aromatic heterocycles. The quantitative estimate of drug-likeness (QED) is 0.672. The fourth-order valence-electron chi connectivity index (χ4n) is 1.24. The van der Waals surface area contributed by atoms with Crippen molar-refractivity contribution in [3.63, 3.8) is 0 Å². The van der Waals surface area contributed by atoms with Gasteiger partial charge in [0.25, 0.3) is 0 Å². The summed E-state index contributed by atoms with van der Waals surface area (Å²) in [5.41, 5.74) is 8.06. The van der Waals surface area contributed by atoms with Crippen molar-refractivity contribution in [2.24, 2.45) is 10.7 Å². The van der Waals surface area contributed by atoms with E-state index in [-0.39, 0.29) is 0 Å². The SMILES string of the molecule is C=C(C)/C=C/N.C=Nc1nc(-c2ccccc2)cs1. The maximum absolute atomic E-state index is 4.99. The lowest BCUT2D eigenvalue weighted by Crippen LogP contribution is -1.74. The molecule has 0 bridgehead atoms. The Morgan fingerprint density at radius 1 is 1.37 bits per heavy atom. The number of nitrogens with two attached hydrogens (primary N) is 1. The fraction of sp³-hybridized carbons (Fsp3) is 0.0667. The van der Waals surface area contributed by atoms with Gasteiger partial charge in [0.15, 0.2) is 0 Å². The molecular weight excluding hydrogens is 254 g/mol. The number of thiazole rings is 1. The maximum Gasteiger partial charge on any atom is 0.209 e. The predicted octanol–water partition coefficient (Wildman–Crippen LogP) is 4.18. The largest absolute Gasteiger partial charge is 0.405 e. The third kappa shape index (κ3) is 5.31. The van der Waals surface area contributed by atoms with Gasteiger partial charge in [-0.05, 0) is 25.9 Å². The van der Waals surface area contributed by atoms with Crippen molar-refractivity contribution in [1.82, 2.24) is 4.98 Å². The van der Waals surface area contributed by atoms with Gasteiger partial charge in [0.1, 0.15) is 0 Å². The predicted molar refractivity (Wildman–Crippen MR) is 84.9 cm³/mol. The van der Waals surface area contributed by atoms with Gasteiger partial charge in [-0.1, -0.05) is 42.5 Å². The molecule has 0 spiro atoms. The Labute approximate surface area is 117 Å². The molecule has 1 heterocycles. The summed E-state index contributed by atoms with van der Waals surface area (Å²) in [4.78, 5) is 8.06. The Morgan fingerprint density at radius 2 is 2.05 bits per heavy atom. The Bertz CT molecular complexity index is 556. The molecule has 19 heavy (non-hydrogen) atoms. The minimum Gasteiger partial charge on any atom is -0.405 e. The van der Waals surface area contributed by atoms with E-state index in [1.54, 1.807) is 6.08 Å². The summed E-state index contributed by atoms with van der Waals surface area (Å²) >= 11 is 1.50. The standard InChI is InChI=1S/C10H8N2S.C5H9N/c1-11-10-12-9(7-13-10)8-5-3-2-4-6-8;1-5(2)3-4-6/h2-7H,1H2;3-4H,1,6H2,2H3/b;4-3+. The number of aromatic nitrogens is 1. The molecule has 0 saturated heterocycles. The molecular formula is C15H17N3S. The Balaban J connectivity index is 0.000000258. The number of hydrogen-bond donors (Lipinski definition) is 1. The summed E-state index contributed by atoms with van der Waals surface area (Å²) in [5.74, 6) is 0. The van der Waals surface area contributed by atoms with Crippen molar-refractivity contribution >= 4 is 23.2 Å². The lowest BCUT2D eigenvalue weighted by atomic mass is 10.2. The van der Waals surface area contributed by atoms with Gasteiger partial charge in [-0.15, -0.1) is 11.3 Å². The average Bonchev–Trinajstić information content (AvgIpc) is 2.89. The van der Waals surface area contributed by atoms with Crippen LogP contribution in [0.15, 0.2) is 65.1 Å². The minimum atomic E-state index is 0.721. The van der Waals surface area contributed by atoms with Crippen LogP contribution >= 0.6 is 11.3 Å². The lowest BCUT2D eigenvalue weighted by molar-refractivity contribution is 1.36. The van der Waals surface area contributed by atoms with Crippen LogP contribution in [0.3, 0.4) is 0 Å². The van der Waals surface area contributed by atoms with E-state index >= 15 is 0 Å². The van der Waals surface area contributed by atoms with Gasteiger partial charge in [-0.3, -0.25) is 0 Å². The van der Waals surface area contributed by atoms with E-state index in [0.717, 1.165) is 22.0 Å². The number of hydrogen-bond acceptors (Lipinski definition) is 4. The van der Waals surface area contributed by atoms with E-state index in [1.807, 2.05) is 42.6 Å². The zero-order chi connectivity index (χ0) is 14.1. The molecule has 0 unspecified atom stereocenters. The van der Waals surface area contributed by atoms with E-state index in [0.29, 0.717) is 0 Å². The smallest absolute Gasteiger partial charge is 0.209 e. The normalized spacial score (nSPS) is 9.74. The van der Waals surface area contributed by atoms with Gasteiger partial charge in [-0.25, -0.2) is 9.98 Å². The van der Waals surface area contributed by atoms with Crippen LogP contribution in [-0.2, 0) is 0 Å². The molecule has 1 aromatic carbocycles. The van der Waals surface area contributed by atoms with Crippen LogP contribution in [0.5, 0.6) is 0 Å². The molecule has 0 amide bonds. The molecule has 0 fully saturated rings. The highest BCUT2D eigenvalue weighted by atomic mass is 32.1. The zero-order valence-electron chi connectivity index (χ0n) is 10.9. The Kier molecular flexibility index (Phi) is 6.26. The highest BCUT2D eigenvalue weighted by molar-refractivity contribution is 7.13. The summed E-state index contributed by atoms with van der Waals surface area (Å²) < 4.78 is 0. The second kappa shape index (κ2) is 8.00. The third-order valence-electron chi connectivity index (χ3n) is 2.08. The van der Waals surface area contributed by atoms with Crippen LogP contribution in [0.4, 0.5) is 5.13 Å². The second-order valence-electron chi connectivity index (χ2n) is 3.74. The summed E-state index contributed by atoms with van der Waals surface area (Å²) in [6.07, 6.45) is 3.22. The van der Waals surface area contributed by atoms with Crippen molar-refractivity contribution in [2.45, 2.75) is 6.92 Å². The van der Waals surface area contributed by atoms with E-state index in [4.69, 9.17) is 5.73 Å². The molecule has 2 N–H and O–H groups in total. The van der Waals surface area contributed by atoms with Crippen molar-refractivity contribution < 1.29 is 0 Å². The van der Waals surface area contributed by atoms with Crippen molar-refractivity contribution in [3.8, 4) is 11.3 Å². The van der Waals surface area contributed by atoms with Crippen LogP contribution < -0.4 is 5.73 Å². The van der Waals surface area contributed by atoms with Crippen LogP contribution in [0.1, 0.15) is 6.92 Å². The van der Waals surface area contributed by atoms with Gasteiger partial charge in [-0.2, -0.15) is 0 Å². The van der Waals surface area contributed by atoms with Gasteiger partial charge >= 0.3 is 0 Å². The summed E-state index contributed by atoms with van der Waals surface area (Å²) in [6.45, 7) is 8.91. The van der Waals surface area contributed by atoms with Crippen molar-refractivity contribution in [2.75, 3.05) is 0 Å². The molecule has 0 atom stereocenters. The number of nitrogens with zero attached hydrogens (tertiary/aromatic N) is 2. The molecule has 2 aromatic rings. The van der Waals surface area contributed by atoms with Crippen LogP contribution in [-0.4, -0.2) is 11.7 Å². The number of rotatable bonds is 3. The molecule has 0 saturated carbocycles. The molecule has 2 rings (SSSR count). The molecule has 0 aliphatic heterocycles. The first-order valence-corrected chi connectivity index (χ1v) is 6.56. The molecule has 0 aliphatic rings. The van der Waals surface area contributed by atoms with Crippen LogP contribution in [0.25, 0.3) is 11.3 Å². The number of allylic oxidation sites excluding steroid dienone is 2. The second-order valence-corrected chi connectivity index (χ2v) is 4.58. The first-order valence-electron chi connectivity index (χ1n) is 5.69. The minimum absolute atomic E-state index is 0.721. The Hall–Kier alpha value is -2.20. The fourth-order valence-corrected chi connectivity index (χ4v) is 1.87. The highest BCUT2D eigenvalue weighted by Gasteiger charge is 2.01. The lowest BCUT2D eigenvalue weighted by Gasteiger charge is -1.92. The van der Waals surface area contributed by atoms with E-state index in [1.165, 1.54) is 17.5 Å². The summed E-state index contributed by atoms with van der Waals surface area (Å²) in [6, 6.07) is 10.0. The highest BCUT2D eigenvalue weighted by Crippen LogP contribution is 2.25. The zero-order valence-corrected chi connectivity index (χ0v) is 11.7. The Morgan fingerprint density at radius 3 is 2.47 bits per heavy atom.